The fourth-order valence-electron chi connectivity index (χ4n) is 1.47. The van der Waals surface area contributed by atoms with Gasteiger partial charge in [-0.15, -0.1) is 0 Å². The van der Waals surface area contributed by atoms with Crippen LogP contribution in [0.5, 0.6) is 11.5 Å². The van der Waals surface area contributed by atoms with Gasteiger partial charge in [0.1, 0.15) is 17.6 Å². The molecule has 0 atom stereocenters. The van der Waals surface area contributed by atoms with E-state index in [-0.39, 0.29) is 17.5 Å². The predicted molar refractivity (Wildman–Crippen MR) is 64.2 cm³/mol. The second-order valence-electron chi connectivity index (χ2n) is 3.45. The Morgan fingerprint density at radius 3 is 2.28 bits per heavy atom. The molecular formula is C12H11N3O3. The van der Waals surface area contributed by atoms with Gasteiger partial charge < -0.3 is 19.6 Å². The summed E-state index contributed by atoms with van der Waals surface area (Å²) >= 11 is 0. The van der Waals surface area contributed by atoms with Crippen molar-refractivity contribution in [3.8, 4) is 29.0 Å². The van der Waals surface area contributed by atoms with E-state index < -0.39 is 0 Å². The van der Waals surface area contributed by atoms with E-state index in [9.17, 15) is 0 Å². The lowest BCUT2D eigenvalue weighted by molar-refractivity contribution is 0.394. The van der Waals surface area contributed by atoms with Crippen LogP contribution in [0.2, 0.25) is 0 Å². The SMILES string of the molecule is COc1cc(OC)cc(-c2nc(C#N)c(N)o2)c1. The van der Waals surface area contributed by atoms with Gasteiger partial charge >= 0.3 is 0 Å². The Labute approximate surface area is 104 Å². The molecule has 0 spiro atoms. The highest BCUT2D eigenvalue weighted by molar-refractivity contribution is 5.62. The van der Waals surface area contributed by atoms with Gasteiger partial charge in [-0.1, -0.05) is 0 Å². The number of aromatic nitrogens is 1. The highest BCUT2D eigenvalue weighted by Crippen LogP contribution is 2.30. The molecule has 0 aliphatic carbocycles. The van der Waals surface area contributed by atoms with Crippen LogP contribution in [0.3, 0.4) is 0 Å². The number of nitrogens with two attached hydrogens (primary N) is 1. The molecule has 0 aliphatic heterocycles. The summed E-state index contributed by atoms with van der Waals surface area (Å²) in [6, 6.07) is 7.01. The van der Waals surface area contributed by atoms with E-state index in [0.29, 0.717) is 17.1 Å². The number of anilines is 1. The first-order valence-corrected chi connectivity index (χ1v) is 5.07. The van der Waals surface area contributed by atoms with E-state index in [1.165, 1.54) is 0 Å². The predicted octanol–water partition coefficient (Wildman–Crippen LogP) is 1.81. The molecule has 2 N–H and O–H groups in total. The normalized spacial score (nSPS) is 9.83. The number of hydrogen-bond acceptors (Lipinski definition) is 6. The quantitative estimate of drug-likeness (QED) is 0.886. The zero-order valence-corrected chi connectivity index (χ0v) is 9.93. The Bertz CT molecular complexity index is 591. The number of nitriles is 1. The Morgan fingerprint density at radius 1 is 1.22 bits per heavy atom. The zero-order chi connectivity index (χ0) is 13.1. The topological polar surface area (TPSA) is 94.3 Å². The van der Waals surface area contributed by atoms with Gasteiger partial charge in [0.05, 0.1) is 14.2 Å². The molecule has 0 fully saturated rings. The summed E-state index contributed by atoms with van der Waals surface area (Å²) in [7, 11) is 3.09. The fourth-order valence-corrected chi connectivity index (χ4v) is 1.47. The third kappa shape index (κ3) is 2.06. The molecule has 6 nitrogen and oxygen atoms in total. The first kappa shape index (κ1) is 11.8. The van der Waals surface area contributed by atoms with Crippen molar-refractivity contribution < 1.29 is 13.9 Å². The van der Waals surface area contributed by atoms with Gasteiger partial charge in [0.15, 0.2) is 0 Å². The summed E-state index contributed by atoms with van der Waals surface area (Å²) in [6.45, 7) is 0. The van der Waals surface area contributed by atoms with Crippen molar-refractivity contribution in [3.05, 3.63) is 23.9 Å². The van der Waals surface area contributed by atoms with Gasteiger partial charge in [0.25, 0.3) is 0 Å². The van der Waals surface area contributed by atoms with Crippen molar-refractivity contribution in [2.75, 3.05) is 20.0 Å². The van der Waals surface area contributed by atoms with Crippen molar-refractivity contribution in [1.82, 2.24) is 4.98 Å². The molecule has 18 heavy (non-hydrogen) atoms. The summed E-state index contributed by atoms with van der Waals surface area (Å²) in [5, 5.41) is 8.78. The van der Waals surface area contributed by atoms with Crippen LogP contribution in [0.15, 0.2) is 22.6 Å². The number of hydrogen-bond donors (Lipinski definition) is 1. The van der Waals surface area contributed by atoms with Gasteiger partial charge in [-0.25, -0.2) is 0 Å². The van der Waals surface area contributed by atoms with Crippen LogP contribution in [-0.2, 0) is 0 Å². The maximum atomic E-state index is 8.78. The van der Waals surface area contributed by atoms with E-state index in [0.717, 1.165) is 0 Å². The number of oxazole rings is 1. The molecule has 1 aromatic carbocycles. The molecule has 6 heteroatoms. The molecule has 0 aliphatic rings. The first-order valence-electron chi connectivity index (χ1n) is 5.07. The third-order valence-electron chi connectivity index (χ3n) is 2.36. The highest BCUT2D eigenvalue weighted by Gasteiger charge is 2.13. The smallest absolute Gasteiger partial charge is 0.230 e. The van der Waals surface area contributed by atoms with E-state index in [2.05, 4.69) is 4.98 Å². The van der Waals surface area contributed by atoms with Crippen LogP contribution in [0.1, 0.15) is 5.69 Å². The van der Waals surface area contributed by atoms with E-state index in [1.54, 1.807) is 32.4 Å². The number of nitrogens with zero attached hydrogens (tertiary/aromatic N) is 2. The van der Waals surface area contributed by atoms with Crippen molar-refractivity contribution in [2.24, 2.45) is 0 Å². The van der Waals surface area contributed by atoms with E-state index >= 15 is 0 Å². The van der Waals surface area contributed by atoms with Crippen molar-refractivity contribution in [1.29, 1.82) is 5.26 Å². The molecule has 0 radical (unpaired) electrons. The van der Waals surface area contributed by atoms with E-state index in [1.807, 2.05) is 6.07 Å². The molecule has 0 amide bonds. The molecule has 0 saturated carbocycles. The number of rotatable bonds is 3. The van der Waals surface area contributed by atoms with Crippen LogP contribution >= 0.6 is 0 Å². The van der Waals surface area contributed by atoms with Crippen LogP contribution < -0.4 is 15.2 Å². The van der Waals surface area contributed by atoms with Crippen LogP contribution in [-0.4, -0.2) is 19.2 Å². The van der Waals surface area contributed by atoms with Crippen LogP contribution in [0.4, 0.5) is 5.88 Å². The summed E-state index contributed by atoms with van der Waals surface area (Å²) < 4.78 is 15.5. The van der Waals surface area contributed by atoms with Gasteiger partial charge in [0.2, 0.25) is 17.5 Å². The van der Waals surface area contributed by atoms with Crippen molar-refractivity contribution in [3.63, 3.8) is 0 Å². The number of methoxy groups -OCH3 is 2. The van der Waals surface area contributed by atoms with Crippen LogP contribution in [0, 0.1) is 11.3 Å². The van der Waals surface area contributed by atoms with E-state index in [4.69, 9.17) is 24.9 Å². The maximum Gasteiger partial charge on any atom is 0.230 e. The second-order valence-corrected chi connectivity index (χ2v) is 3.45. The van der Waals surface area contributed by atoms with Gasteiger partial charge in [-0.05, 0) is 12.1 Å². The van der Waals surface area contributed by atoms with Crippen LogP contribution in [0.25, 0.3) is 11.5 Å². The minimum absolute atomic E-state index is 0.00529. The number of ether oxygens (including phenoxy) is 2. The average molecular weight is 245 g/mol. The lowest BCUT2D eigenvalue weighted by atomic mass is 10.2. The highest BCUT2D eigenvalue weighted by atomic mass is 16.5. The molecule has 92 valence electrons. The largest absolute Gasteiger partial charge is 0.497 e. The second kappa shape index (κ2) is 4.67. The Hall–Kier alpha value is -2.68. The minimum atomic E-state index is -0.00529. The fraction of sp³-hybridized carbons (Fsp3) is 0.167. The van der Waals surface area contributed by atoms with Crippen molar-refractivity contribution >= 4 is 5.88 Å². The first-order chi connectivity index (χ1) is 8.67. The Morgan fingerprint density at radius 2 is 1.83 bits per heavy atom. The molecular weight excluding hydrogens is 234 g/mol. The summed E-state index contributed by atoms with van der Waals surface area (Å²) in [6.07, 6.45) is 0. The molecule has 1 heterocycles. The average Bonchev–Trinajstić information content (AvgIpc) is 2.79. The van der Waals surface area contributed by atoms with Crippen molar-refractivity contribution in [2.45, 2.75) is 0 Å². The zero-order valence-electron chi connectivity index (χ0n) is 9.93. The number of benzene rings is 1. The van der Waals surface area contributed by atoms with Gasteiger partial charge in [-0.3, -0.25) is 0 Å². The lowest BCUT2D eigenvalue weighted by Gasteiger charge is -2.05. The molecule has 0 unspecified atom stereocenters. The Balaban J connectivity index is 2.52. The summed E-state index contributed by atoms with van der Waals surface area (Å²) in [4.78, 5) is 3.99. The molecule has 2 rings (SSSR count). The molecule has 0 bridgehead atoms. The number of nitrogen functional groups attached to an aromatic ring is 1. The summed E-state index contributed by atoms with van der Waals surface area (Å²) in [5.41, 5.74) is 6.20. The maximum absolute atomic E-state index is 8.78. The third-order valence-corrected chi connectivity index (χ3v) is 2.36. The lowest BCUT2D eigenvalue weighted by Crippen LogP contribution is -1.89. The molecule has 2 aromatic rings. The molecule has 1 aromatic heterocycles. The standard InChI is InChI=1S/C12H11N3O3/c1-16-8-3-7(4-9(5-8)17-2)12-15-10(6-13)11(14)18-12/h3-5H,14H2,1-2H3. The Kier molecular flexibility index (Phi) is 3.06. The monoisotopic (exact) mass is 245 g/mol. The van der Waals surface area contributed by atoms with Gasteiger partial charge in [0, 0.05) is 11.6 Å². The summed E-state index contributed by atoms with van der Waals surface area (Å²) in [5.74, 6) is 1.44. The minimum Gasteiger partial charge on any atom is -0.497 e. The molecule has 0 saturated heterocycles. The van der Waals surface area contributed by atoms with Gasteiger partial charge in [-0.2, -0.15) is 10.2 Å².